The first-order valence-corrected chi connectivity index (χ1v) is 9.23. The zero-order valence-electron chi connectivity index (χ0n) is 15.4. The lowest BCUT2D eigenvalue weighted by atomic mass is 10.1. The van der Waals surface area contributed by atoms with Gasteiger partial charge in [-0.2, -0.15) is 0 Å². The lowest BCUT2D eigenvalue weighted by Crippen LogP contribution is -2.43. The molecule has 1 fully saturated rings. The fourth-order valence-electron chi connectivity index (χ4n) is 3.14. The van der Waals surface area contributed by atoms with Gasteiger partial charge in [0, 0.05) is 30.8 Å². The fraction of sp³-hybridized carbons (Fsp3) is 0.333. The third-order valence-electron chi connectivity index (χ3n) is 4.64. The Labute approximate surface area is 162 Å². The number of rotatable bonds is 7. The monoisotopic (exact) mass is 386 g/mol. The van der Waals surface area contributed by atoms with E-state index in [0.29, 0.717) is 18.7 Å². The Morgan fingerprint density at radius 3 is 2.75 bits per heavy atom. The summed E-state index contributed by atoms with van der Waals surface area (Å²) in [5.74, 6) is -1.23. The molecule has 2 aromatic carbocycles. The number of aromatic hydroxyl groups is 1. The van der Waals surface area contributed by atoms with Crippen molar-refractivity contribution >= 4 is 11.8 Å². The molecule has 1 unspecified atom stereocenters. The molecule has 1 aliphatic heterocycles. The van der Waals surface area contributed by atoms with Crippen LogP contribution in [-0.2, 0) is 16.1 Å². The molecule has 0 radical (unpaired) electrons. The highest BCUT2D eigenvalue weighted by Gasteiger charge is 2.24. The normalized spacial score (nSPS) is 16.0. The molecule has 1 heterocycles. The number of hydrogen-bond donors (Lipinski definition) is 2. The first kappa shape index (κ1) is 19.8. The van der Waals surface area contributed by atoms with Gasteiger partial charge in [-0.05, 0) is 37.1 Å². The summed E-state index contributed by atoms with van der Waals surface area (Å²) in [6.07, 6.45) is 1.74. The SMILES string of the molecule is O=C(NCC(=O)N(Cc1ccccc1O)CC1CCCO1)c1cccc(F)c1. The Balaban J connectivity index is 1.65. The van der Waals surface area contributed by atoms with Gasteiger partial charge in [0.25, 0.3) is 5.91 Å². The molecule has 2 amide bonds. The Kier molecular flexibility index (Phi) is 6.60. The van der Waals surface area contributed by atoms with E-state index in [1.54, 1.807) is 29.2 Å². The standard InChI is InChI=1S/C21H23FN2O4/c22-17-7-3-6-15(11-17)21(27)23-12-20(26)24(14-18-8-4-10-28-18)13-16-5-1-2-9-19(16)25/h1-3,5-7,9,11,18,25H,4,8,10,12-14H2,(H,23,27). The molecule has 0 aliphatic carbocycles. The first-order valence-electron chi connectivity index (χ1n) is 9.23. The molecule has 28 heavy (non-hydrogen) atoms. The maximum Gasteiger partial charge on any atom is 0.251 e. The van der Waals surface area contributed by atoms with E-state index in [4.69, 9.17) is 4.74 Å². The zero-order valence-corrected chi connectivity index (χ0v) is 15.4. The molecule has 1 saturated heterocycles. The van der Waals surface area contributed by atoms with Crippen molar-refractivity contribution in [3.05, 3.63) is 65.5 Å². The largest absolute Gasteiger partial charge is 0.508 e. The maximum absolute atomic E-state index is 13.3. The predicted molar refractivity (Wildman–Crippen MR) is 101 cm³/mol. The van der Waals surface area contributed by atoms with Crippen molar-refractivity contribution in [1.29, 1.82) is 0 Å². The van der Waals surface area contributed by atoms with E-state index >= 15 is 0 Å². The van der Waals surface area contributed by atoms with Crippen molar-refractivity contribution in [3.63, 3.8) is 0 Å². The smallest absolute Gasteiger partial charge is 0.251 e. The number of phenolic OH excluding ortho intramolecular Hbond substituents is 1. The molecule has 148 valence electrons. The van der Waals surface area contributed by atoms with Gasteiger partial charge < -0.3 is 20.1 Å². The second-order valence-corrected chi connectivity index (χ2v) is 6.73. The summed E-state index contributed by atoms with van der Waals surface area (Å²) in [6, 6.07) is 12.1. The van der Waals surface area contributed by atoms with Gasteiger partial charge in [-0.15, -0.1) is 0 Å². The van der Waals surface area contributed by atoms with Crippen LogP contribution in [0.15, 0.2) is 48.5 Å². The molecule has 6 nitrogen and oxygen atoms in total. The number of nitrogens with zero attached hydrogens (tertiary/aromatic N) is 1. The summed E-state index contributed by atoms with van der Waals surface area (Å²) < 4.78 is 18.9. The average molecular weight is 386 g/mol. The van der Waals surface area contributed by atoms with Crippen molar-refractivity contribution in [3.8, 4) is 5.75 Å². The molecule has 2 N–H and O–H groups in total. The van der Waals surface area contributed by atoms with E-state index < -0.39 is 11.7 Å². The highest BCUT2D eigenvalue weighted by Crippen LogP contribution is 2.20. The van der Waals surface area contributed by atoms with E-state index in [-0.39, 0.29) is 36.4 Å². The van der Waals surface area contributed by atoms with Crippen LogP contribution in [0.5, 0.6) is 5.75 Å². The van der Waals surface area contributed by atoms with E-state index in [1.165, 1.54) is 18.2 Å². The molecule has 0 bridgehead atoms. The summed E-state index contributed by atoms with van der Waals surface area (Å²) in [4.78, 5) is 26.5. The second kappa shape index (κ2) is 9.32. The van der Waals surface area contributed by atoms with Gasteiger partial charge in [0.15, 0.2) is 0 Å². The minimum atomic E-state index is -0.521. The molecular weight excluding hydrogens is 363 g/mol. The van der Waals surface area contributed by atoms with Crippen molar-refractivity contribution in [2.45, 2.75) is 25.5 Å². The number of para-hydroxylation sites is 1. The second-order valence-electron chi connectivity index (χ2n) is 6.73. The van der Waals surface area contributed by atoms with E-state index in [9.17, 15) is 19.1 Å². The summed E-state index contributed by atoms with van der Waals surface area (Å²) in [7, 11) is 0. The third-order valence-corrected chi connectivity index (χ3v) is 4.64. The molecule has 1 aliphatic rings. The van der Waals surface area contributed by atoms with Crippen LogP contribution in [0.2, 0.25) is 0 Å². The Bertz CT molecular complexity index is 837. The Hall–Kier alpha value is -2.93. The van der Waals surface area contributed by atoms with Gasteiger partial charge in [-0.1, -0.05) is 24.3 Å². The van der Waals surface area contributed by atoms with E-state index in [2.05, 4.69) is 5.32 Å². The van der Waals surface area contributed by atoms with Crippen LogP contribution in [0.4, 0.5) is 4.39 Å². The topological polar surface area (TPSA) is 78.9 Å². The van der Waals surface area contributed by atoms with Crippen LogP contribution < -0.4 is 5.32 Å². The van der Waals surface area contributed by atoms with Crippen molar-refractivity contribution in [2.24, 2.45) is 0 Å². The molecule has 0 spiro atoms. The van der Waals surface area contributed by atoms with Gasteiger partial charge in [-0.3, -0.25) is 9.59 Å². The van der Waals surface area contributed by atoms with Crippen molar-refractivity contribution in [2.75, 3.05) is 19.7 Å². The average Bonchev–Trinajstić information content (AvgIpc) is 3.20. The number of ether oxygens (including phenoxy) is 1. The van der Waals surface area contributed by atoms with Gasteiger partial charge in [0.2, 0.25) is 5.91 Å². The van der Waals surface area contributed by atoms with Crippen molar-refractivity contribution < 1.29 is 23.8 Å². The molecule has 7 heteroatoms. The van der Waals surface area contributed by atoms with Crippen LogP contribution in [-0.4, -0.2) is 47.6 Å². The summed E-state index contributed by atoms with van der Waals surface area (Å²) in [6.45, 7) is 1.03. The lowest BCUT2D eigenvalue weighted by Gasteiger charge is -2.26. The first-order chi connectivity index (χ1) is 13.5. The lowest BCUT2D eigenvalue weighted by molar-refractivity contribution is -0.132. The summed E-state index contributed by atoms with van der Waals surface area (Å²) >= 11 is 0. The summed E-state index contributed by atoms with van der Waals surface area (Å²) in [5.41, 5.74) is 0.768. The van der Waals surface area contributed by atoms with Crippen LogP contribution in [0, 0.1) is 5.82 Å². The van der Waals surface area contributed by atoms with Gasteiger partial charge in [-0.25, -0.2) is 4.39 Å². The predicted octanol–water partition coefficient (Wildman–Crippen LogP) is 2.47. The molecule has 2 aromatic rings. The highest BCUT2D eigenvalue weighted by molar-refractivity contribution is 5.96. The van der Waals surface area contributed by atoms with Gasteiger partial charge in [0.05, 0.1) is 12.6 Å². The number of nitrogens with one attached hydrogen (secondary N) is 1. The number of benzene rings is 2. The van der Waals surface area contributed by atoms with Crippen molar-refractivity contribution in [1.82, 2.24) is 10.2 Å². The van der Waals surface area contributed by atoms with E-state index in [0.717, 1.165) is 18.9 Å². The number of carbonyl (C=O) groups excluding carboxylic acids is 2. The minimum Gasteiger partial charge on any atom is -0.508 e. The van der Waals surface area contributed by atoms with Crippen LogP contribution in [0.25, 0.3) is 0 Å². The third kappa shape index (κ3) is 5.29. The van der Waals surface area contributed by atoms with Gasteiger partial charge >= 0.3 is 0 Å². The number of hydrogen-bond acceptors (Lipinski definition) is 4. The van der Waals surface area contributed by atoms with Crippen LogP contribution in [0.1, 0.15) is 28.8 Å². The number of amides is 2. The van der Waals surface area contributed by atoms with Crippen LogP contribution >= 0.6 is 0 Å². The molecule has 0 saturated carbocycles. The summed E-state index contributed by atoms with van der Waals surface area (Å²) in [5, 5.41) is 12.6. The Morgan fingerprint density at radius 2 is 2.04 bits per heavy atom. The number of carbonyl (C=O) groups is 2. The quantitative estimate of drug-likeness (QED) is 0.766. The molecular formula is C21H23FN2O4. The molecule has 1 atom stereocenters. The zero-order chi connectivity index (χ0) is 19.9. The van der Waals surface area contributed by atoms with Gasteiger partial charge in [0.1, 0.15) is 11.6 Å². The number of halogens is 1. The Morgan fingerprint density at radius 1 is 1.21 bits per heavy atom. The van der Waals surface area contributed by atoms with Crippen LogP contribution in [0.3, 0.4) is 0 Å². The highest BCUT2D eigenvalue weighted by atomic mass is 19.1. The molecule has 0 aromatic heterocycles. The number of phenols is 1. The van der Waals surface area contributed by atoms with E-state index in [1.807, 2.05) is 0 Å². The minimum absolute atomic E-state index is 0.0614. The maximum atomic E-state index is 13.3. The fourth-order valence-corrected chi connectivity index (χ4v) is 3.14. The molecule has 3 rings (SSSR count).